The third-order valence-corrected chi connectivity index (χ3v) is 5.02. The first-order valence-electron chi connectivity index (χ1n) is 7.72. The fourth-order valence-electron chi connectivity index (χ4n) is 2.38. The highest BCUT2D eigenvalue weighted by atomic mass is 127. The van der Waals surface area contributed by atoms with Crippen LogP contribution in [0.25, 0.3) is 6.08 Å². The van der Waals surface area contributed by atoms with Crippen molar-refractivity contribution in [1.29, 1.82) is 0 Å². The molecule has 1 heterocycles. The molecule has 0 bridgehead atoms. The Morgan fingerprint density at radius 2 is 2.04 bits per heavy atom. The van der Waals surface area contributed by atoms with Crippen LogP contribution in [0, 0.1) is 3.57 Å². The van der Waals surface area contributed by atoms with Crippen molar-refractivity contribution < 1.29 is 23.8 Å². The lowest BCUT2D eigenvalue weighted by Crippen LogP contribution is -2.06. The number of esters is 2. The molecule has 0 radical (unpaired) electrons. The summed E-state index contributed by atoms with van der Waals surface area (Å²) in [7, 11) is 1.47. The van der Waals surface area contributed by atoms with Crippen LogP contribution >= 0.6 is 38.5 Å². The summed E-state index contributed by atoms with van der Waals surface area (Å²) in [6.45, 7) is 1.32. The SMILES string of the molecule is COc1cc(C=C2N=C(c3ccccc3Br)OC2=O)cc(I)c1OC(C)=O. The van der Waals surface area contributed by atoms with Crippen molar-refractivity contribution in [2.45, 2.75) is 6.92 Å². The Morgan fingerprint density at radius 3 is 2.70 bits per heavy atom. The number of aliphatic imine (C=N–C) groups is 1. The third kappa shape index (κ3) is 4.38. The molecule has 0 N–H and O–H groups in total. The van der Waals surface area contributed by atoms with Gasteiger partial charge in [-0.25, -0.2) is 9.79 Å². The van der Waals surface area contributed by atoms with E-state index in [0.717, 1.165) is 4.47 Å². The minimum absolute atomic E-state index is 0.166. The van der Waals surface area contributed by atoms with Crippen LogP contribution in [0.15, 0.2) is 51.6 Å². The van der Waals surface area contributed by atoms with Gasteiger partial charge >= 0.3 is 11.9 Å². The van der Waals surface area contributed by atoms with Crippen LogP contribution in [0.5, 0.6) is 11.5 Å². The second-order valence-electron chi connectivity index (χ2n) is 5.44. The standard InChI is InChI=1S/C19H13BrINO5/c1-10(23)26-17-14(21)7-11(9-16(17)25-2)8-15-19(24)27-18(22-15)12-5-3-4-6-13(12)20/h3-9H,1-2H3. The quantitative estimate of drug-likeness (QED) is 0.249. The fraction of sp³-hybridized carbons (Fsp3) is 0.105. The number of carbonyl (C=O) groups is 2. The maximum Gasteiger partial charge on any atom is 0.363 e. The van der Waals surface area contributed by atoms with Crippen molar-refractivity contribution in [3.05, 3.63) is 61.3 Å². The molecule has 6 nitrogen and oxygen atoms in total. The number of methoxy groups -OCH3 is 1. The highest BCUT2D eigenvalue weighted by Gasteiger charge is 2.25. The summed E-state index contributed by atoms with van der Waals surface area (Å²) >= 11 is 5.45. The summed E-state index contributed by atoms with van der Waals surface area (Å²) in [6.07, 6.45) is 1.59. The smallest absolute Gasteiger partial charge is 0.363 e. The molecule has 0 amide bonds. The molecule has 0 aromatic heterocycles. The van der Waals surface area contributed by atoms with Gasteiger partial charge < -0.3 is 14.2 Å². The van der Waals surface area contributed by atoms with Crippen LogP contribution < -0.4 is 9.47 Å². The molecule has 8 heteroatoms. The second-order valence-corrected chi connectivity index (χ2v) is 7.46. The van der Waals surface area contributed by atoms with E-state index in [9.17, 15) is 9.59 Å². The van der Waals surface area contributed by atoms with Crippen LogP contribution in [-0.2, 0) is 14.3 Å². The summed E-state index contributed by atoms with van der Waals surface area (Å²) in [5.74, 6) is -0.0421. The lowest BCUT2D eigenvalue weighted by Gasteiger charge is -2.11. The zero-order chi connectivity index (χ0) is 19.6. The number of halogens is 2. The van der Waals surface area contributed by atoms with E-state index in [4.69, 9.17) is 14.2 Å². The molecule has 0 fully saturated rings. The van der Waals surface area contributed by atoms with Gasteiger partial charge in [0.15, 0.2) is 17.2 Å². The number of ether oxygens (including phenoxy) is 3. The second kappa shape index (κ2) is 8.22. The zero-order valence-corrected chi connectivity index (χ0v) is 18.0. The fourth-order valence-corrected chi connectivity index (χ4v) is 3.57. The van der Waals surface area contributed by atoms with Crippen LogP contribution in [0.1, 0.15) is 18.1 Å². The molecule has 1 aliphatic heterocycles. The van der Waals surface area contributed by atoms with Gasteiger partial charge in [-0.1, -0.05) is 12.1 Å². The van der Waals surface area contributed by atoms with Crippen molar-refractivity contribution in [3.63, 3.8) is 0 Å². The van der Waals surface area contributed by atoms with E-state index >= 15 is 0 Å². The summed E-state index contributed by atoms with van der Waals surface area (Å²) in [4.78, 5) is 27.8. The monoisotopic (exact) mass is 541 g/mol. The molecule has 0 atom stereocenters. The third-order valence-electron chi connectivity index (χ3n) is 3.53. The Hall–Kier alpha value is -2.20. The molecule has 138 valence electrons. The van der Waals surface area contributed by atoms with Crippen molar-refractivity contribution in [2.75, 3.05) is 7.11 Å². The molecular weight excluding hydrogens is 529 g/mol. The van der Waals surface area contributed by atoms with Gasteiger partial charge in [0.05, 0.1) is 16.2 Å². The number of benzene rings is 2. The lowest BCUT2D eigenvalue weighted by molar-refractivity contribution is -0.132. The van der Waals surface area contributed by atoms with Gasteiger partial charge in [0.25, 0.3) is 0 Å². The van der Waals surface area contributed by atoms with Gasteiger partial charge in [0, 0.05) is 11.4 Å². The molecular formula is C19H13BrINO5. The van der Waals surface area contributed by atoms with Gasteiger partial charge in [-0.3, -0.25) is 4.79 Å². The van der Waals surface area contributed by atoms with E-state index in [0.29, 0.717) is 26.2 Å². The summed E-state index contributed by atoms with van der Waals surface area (Å²) in [6, 6.07) is 10.8. The maximum absolute atomic E-state index is 12.2. The van der Waals surface area contributed by atoms with Crippen molar-refractivity contribution in [2.24, 2.45) is 4.99 Å². The first-order valence-corrected chi connectivity index (χ1v) is 9.59. The number of rotatable bonds is 4. The number of hydrogen-bond acceptors (Lipinski definition) is 6. The van der Waals surface area contributed by atoms with Gasteiger partial charge in [0.1, 0.15) is 0 Å². The first-order chi connectivity index (χ1) is 12.9. The minimum Gasteiger partial charge on any atom is -0.493 e. The topological polar surface area (TPSA) is 74.2 Å². The predicted molar refractivity (Wildman–Crippen MR) is 112 cm³/mol. The number of cyclic esters (lactones) is 1. The average molecular weight is 542 g/mol. The number of carbonyl (C=O) groups excluding carboxylic acids is 2. The minimum atomic E-state index is -0.543. The van der Waals surface area contributed by atoms with E-state index in [1.807, 2.05) is 40.8 Å². The van der Waals surface area contributed by atoms with E-state index < -0.39 is 11.9 Å². The molecule has 27 heavy (non-hydrogen) atoms. The van der Waals surface area contributed by atoms with Gasteiger partial charge in [-0.15, -0.1) is 0 Å². The zero-order valence-electron chi connectivity index (χ0n) is 14.3. The van der Waals surface area contributed by atoms with Crippen LogP contribution in [0.2, 0.25) is 0 Å². The Labute approximate surface area is 177 Å². The van der Waals surface area contributed by atoms with E-state index in [1.54, 1.807) is 24.3 Å². The predicted octanol–water partition coefficient (Wildman–Crippen LogP) is 4.33. The molecule has 2 aromatic carbocycles. The molecule has 0 spiro atoms. The van der Waals surface area contributed by atoms with E-state index in [-0.39, 0.29) is 11.6 Å². The molecule has 0 saturated carbocycles. The maximum atomic E-state index is 12.2. The lowest BCUT2D eigenvalue weighted by atomic mass is 10.1. The number of hydrogen-bond donors (Lipinski definition) is 0. The van der Waals surface area contributed by atoms with Crippen LogP contribution in [-0.4, -0.2) is 24.9 Å². The summed E-state index contributed by atoms with van der Waals surface area (Å²) < 4.78 is 17.2. The highest BCUT2D eigenvalue weighted by molar-refractivity contribution is 14.1. The van der Waals surface area contributed by atoms with Gasteiger partial charge in [-0.2, -0.15) is 0 Å². The molecule has 2 aromatic rings. The average Bonchev–Trinajstić information content (AvgIpc) is 2.97. The summed E-state index contributed by atoms with van der Waals surface area (Å²) in [5.41, 5.74) is 1.52. The Balaban J connectivity index is 1.99. The van der Waals surface area contributed by atoms with Crippen LogP contribution in [0.3, 0.4) is 0 Å². The molecule has 0 unspecified atom stereocenters. The summed E-state index contributed by atoms with van der Waals surface area (Å²) in [5, 5.41) is 0. The van der Waals surface area contributed by atoms with Crippen LogP contribution in [0.4, 0.5) is 0 Å². The van der Waals surface area contributed by atoms with Gasteiger partial charge in [-0.05, 0) is 74.4 Å². The van der Waals surface area contributed by atoms with Crippen molar-refractivity contribution in [3.8, 4) is 11.5 Å². The Morgan fingerprint density at radius 1 is 1.30 bits per heavy atom. The van der Waals surface area contributed by atoms with Crippen molar-refractivity contribution in [1.82, 2.24) is 0 Å². The molecule has 1 aliphatic rings. The largest absolute Gasteiger partial charge is 0.493 e. The van der Waals surface area contributed by atoms with E-state index in [2.05, 4.69) is 20.9 Å². The van der Waals surface area contributed by atoms with Gasteiger partial charge in [0.2, 0.25) is 5.90 Å². The normalized spacial score (nSPS) is 14.7. The molecule has 0 aliphatic carbocycles. The Kier molecular flexibility index (Phi) is 5.95. The molecule has 0 saturated heterocycles. The molecule has 3 rings (SSSR count). The van der Waals surface area contributed by atoms with Crippen molar-refractivity contribution >= 4 is 62.4 Å². The Bertz CT molecular complexity index is 1000. The number of nitrogens with zero attached hydrogens (tertiary/aromatic N) is 1. The first kappa shape index (κ1) is 19.6. The van der Waals surface area contributed by atoms with E-state index in [1.165, 1.54) is 14.0 Å². The highest BCUT2D eigenvalue weighted by Crippen LogP contribution is 2.35.